The van der Waals surface area contributed by atoms with Gasteiger partial charge in [-0.25, -0.2) is 13.2 Å². The van der Waals surface area contributed by atoms with Gasteiger partial charge in [0.1, 0.15) is 17.5 Å². The third-order valence-electron chi connectivity index (χ3n) is 5.50. The smallest absolute Gasteiger partial charge is 0.259 e. The molecule has 0 aromatic heterocycles. The Morgan fingerprint density at radius 1 is 0.943 bits per heavy atom. The van der Waals surface area contributed by atoms with Crippen LogP contribution in [-0.2, 0) is 4.79 Å². The number of hydrogen-bond donors (Lipinski definition) is 3. The van der Waals surface area contributed by atoms with Crippen molar-refractivity contribution < 1.29 is 27.6 Å². The highest BCUT2D eigenvalue weighted by Gasteiger charge is 2.35. The number of benzene rings is 3. The van der Waals surface area contributed by atoms with Crippen molar-refractivity contribution in [1.82, 2.24) is 5.32 Å². The Labute approximate surface area is 198 Å². The summed E-state index contributed by atoms with van der Waals surface area (Å²) in [6, 6.07) is 11.1. The molecule has 0 spiro atoms. The van der Waals surface area contributed by atoms with E-state index in [1.54, 1.807) is 0 Å². The summed E-state index contributed by atoms with van der Waals surface area (Å²) < 4.78 is 41.4. The molecule has 4 rings (SSSR count). The number of carbonyl (C=O) groups is 3. The summed E-state index contributed by atoms with van der Waals surface area (Å²) in [5.74, 6) is -4.08. The average molecular weight is 482 g/mol. The van der Waals surface area contributed by atoms with Crippen molar-refractivity contribution in [3.8, 4) is 0 Å². The predicted molar refractivity (Wildman–Crippen MR) is 123 cm³/mol. The molecule has 3 aromatic rings. The fraction of sp³-hybridized carbons (Fsp3) is 0.160. The monoisotopic (exact) mass is 482 g/mol. The van der Waals surface area contributed by atoms with Crippen LogP contribution < -0.4 is 21.3 Å². The summed E-state index contributed by atoms with van der Waals surface area (Å²) in [5.41, 5.74) is 6.15. The molecular weight excluding hydrogens is 461 g/mol. The van der Waals surface area contributed by atoms with E-state index in [9.17, 15) is 27.6 Å². The van der Waals surface area contributed by atoms with Gasteiger partial charge in [-0.2, -0.15) is 0 Å². The van der Waals surface area contributed by atoms with E-state index in [4.69, 9.17) is 5.73 Å². The molecule has 1 heterocycles. The number of rotatable bonds is 5. The second-order valence-electron chi connectivity index (χ2n) is 7.93. The highest BCUT2D eigenvalue weighted by atomic mass is 19.1. The highest BCUT2D eigenvalue weighted by molar-refractivity contribution is 6.12. The Kier molecular flexibility index (Phi) is 6.83. The second-order valence-corrected chi connectivity index (χ2v) is 7.93. The van der Waals surface area contributed by atoms with E-state index in [0.717, 1.165) is 12.1 Å². The summed E-state index contributed by atoms with van der Waals surface area (Å²) in [6.45, 7) is 0.476. The van der Waals surface area contributed by atoms with E-state index in [-0.39, 0.29) is 42.0 Å². The van der Waals surface area contributed by atoms with Crippen LogP contribution in [0.2, 0.25) is 0 Å². The first-order valence-corrected chi connectivity index (χ1v) is 10.7. The molecule has 0 fully saturated rings. The van der Waals surface area contributed by atoms with Crippen molar-refractivity contribution in [2.45, 2.75) is 12.5 Å². The Balaban J connectivity index is 1.86. The highest BCUT2D eigenvalue weighted by Crippen LogP contribution is 2.39. The second kappa shape index (κ2) is 9.98. The minimum Gasteiger partial charge on any atom is -0.351 e. The molecular formula is C25H21F3N4O3. The number of anilines is 2. The normalized spacial score (nSPS) is 15.1. The molecule has 0 saturated heterocycles. The molecule has 1 aliphatic rings. The van der Waals surface area contributed by atoms with E-state index in [1.165, 1.54) is 47.4 Å². The Hall–Kier alpha value is -4.18. The zero-order chi connectivity index (χ0) is 25.1. The van der Waals surface area contributed by atoms with Crippen LogP contribution in [-0.4, -0.2) is 30.8 Å². The fourth-order valence-corrected chi connectivity index (χ4v) is 3.93. The molecule has 10 heteroatoms. The lowest BCUT2D eigenvalue weighted by molar-refractivity contribution is -0.116. The van der Waals surface area contributed by atoms with Gasteiger partial charge in [0.05, 0.1) is 23.8 Å². The van der Waals surface area contributed by atoms with Crippen LogP contribution in [0.25, 0.3) is 0 Å². The number of amides is 3. The molecule has 0 aliphatic carbocycles. The summed E-state index contributed by atoms with van der Waals surface area (Å²) in [6.07, 6.45) is -0.224. The van der Waals surface area contributed by atoms with Crippen LogP contribution in [0, 0.1) is 17.5 Å². The molecule has 7 nitrogen and oxygen atoms in total. The zero-order valence-electron chi connectivity index (χ0n) is 18.4. The molecule has 0 radical (unpaired) electrons. The lowest BCUT2D eigenvalue weighted by Gasteiger charge is -2.31. The fourth-order valence-electron chi connectivity index (χ4n) is 3.93. The zero-order valence-corrected chi connectivity index (χ0v) is 18.4. The van der Waals surface area contributed by atoms with Gasteiger partial charge in [-0.05, 0) is 48.0 Å². The molecule has 1 aliphatic heterocycles. The van der Waals surface area contributed by atoms with Gasteiger partial charge < -0.3 is 16.4 Å². The summed E-state index contributed by atoms with van der Waals surface area (Å²) in [7, 11) is 0. The maximum absolute atomic E-state index is 13.9. The van der Waals surface area contributed by atoms with Crippen LogP contribution >= 0.6 is 0 Å². The Morgan fingerprint density at radius 2 is 1.63 bits per heavy atom. The molecule has 0 saturated carbocycles. The first kappa shape index (κ1) is 24.0. The standard InChI is InChI=1S/C25H21F3N4O3/c26-17-4-1-14(2-5-17)22-13-23(33)31-20-11-15(24(34)30-8-7-29)3-6-21(20)32(22)25(35)16-9-18(27)12-19(28)10-16/h1-6,9-12,22H,7-8,13,29H2,(H,30,34)(H,31,33). The molecule has 4 N–H and O–H groups in total. The van der Waals surface area contributed by atoms with Crippen LogP contribution in [0.5, 0.6) is 0 Å². The molecule has 3 amide bonds. The number of carbonyl (C=O) groups excluding carboxylic acids is 3. The summed E-state index contributed by atoms with van der Waals surface area (Å²) >= 11 is 0. The number of nitrogens with zero attached hydrogens (tertiary/aromatic N) is 1. The van der Waals surface area contributed by atoms with Crippen molar-refractivity contribution >= 4 is 29.1 Å². The lowest BCUT2D eigenvalue weighted by Crippen LogP contribution is -2.35. The van der Waals surface area contributed by atoms with Gasteiger partial charge in [0.25, 0.3) is 11.8 Å². The van der Waals surface area contributed by atoms with Gasteiger partial charge in [0.2, 0.25) is 5.91 Å². The van der Waals surface area contributed by atoms with Crippen LogP contribution in [0.1, 0.15) is 38.7 Å². The van der Waals surface area contributed by atoms with Gasteiger partial charge in [-0.15, -0.1) is 0 Å². The topological polar surface area (TPSA) is 105 Å². The third-order valence-corrected chi connectivity index (χ3v) is 5.50. The Bertz CT molecular complexity index is 1280. The molecule has 3 aromatic carbocycles. The SMILES string of the molecule is NCCNC(=O)c1ccc2c(c1)NC(=O)CC(c1ccc(F)cc1)N2C(=O)c1cc(F)cc(F)c1. The minimum atomic E-state index is -0.942. The van der Waals surface area contributed by atoms with E-state index in [1.807, 2.05) is 0 Å². The maximum atomic E-state index is 13.9. The number of halogens is 3. The van der Waals surface area contributed by atoms with Gasteiger partial charge in [0.15, 0.2) is 0 Å². The average Bonchev–Trinajstić information content (AvgIpc) is 2.97. The van der Waals surface area contributed by atoms with Crippen molar-refractivity contribution in [1.29, 1.82) is 0 Å². The van der Waals surface area contributed by atoms with E-state index < -0.39 is 41.2 Å². The first-order chi connectivity index (χ1) is 16.8. The summed E-state index contributed by atoms with van der Waals surface area (Å²) in [4.78, 5) is 40.1. The Morgan fingerprint density at radius 3 is 2.29 bits per heavy atom. The third kappa shape index (κ3) is 5.17. The lowest BCUT2D eigenvalue weighted by atomic mass is 9.99. The van der Waals surface area contributed by atoms with Crippen molar-refractivity contribution in [2.24, 2.45) is 5.73 Å². The van der Waals surface area contributed by atoms with Crippen LogP contribution in [0.15, 0.2) is 60.7 Å². The molecule has 35 heavy (non-hydrogen) atoms. The predicted octanol–water partition coefficient (Wildman–Crippen LogP) is 3.52. The van der Waals surface area contributed by atoms with Crippen LogP contribution in [0.4, 0.5) is 24.5 Å². The molecule has 1 unspecified atom stereocenters. The van der Waals surface area contributed by atoms with Gasteiger partial charge in [-0.3, -0.25) is 19.3 Å². The van der Waals surface area contributed by atoms with E-state index in [0.29, 0.717) is 11.6 Å². The van der Waals surface area contributed by atoms with Gasteiger partial charge in [0, 0.05) is 30.3 Å². The number of nitrogens with two attached hydrogens (primary N) is 1. The number of hydrogen-bond acceptors (Lipinski definition) is 4. The summed E-state index contributed by atoms with van der Waals surface area (Å²) in [5, 5.41) is 5.30. The first-order valence-electron chi connectivity index (χ1n) is 10.7. The quantitative estimate of drug-likeness (QED) is 0.518. The van der Waals surface area contributed by atoms with Crippen molar-refractivity contribution in [2.75, 3.05) is 23.3 Å². The van der Waals surface area contributed by atoms with Gasteiger partial charge >= 0.3 is 0 Å². The van der Waals surface area contributed by atoms with E-state index in [2.05, 4.69) is 10.6 Å². The van der Waals surface area contributed by atoms with E-state index >= 15 is 0 Å². The largest absolute Gasteiger partial charge is 0.351 e. The number of nitrogens with one attached hydrogen (secondary N) is 2. The maximum Gasteiger partial charge on any atom is 0.259 e. The van der Waals surface area contributed by atoms with Crippen molar-refractivity contribution in [3.05, 3.63) is 94.8 Å². The molecule has 180 valence electrons. The molecule has 0 bridgehead atoms. The minimum absolute atomic E-state index is 0.158. The number of fused-ring (bicyclic) bond motifs is 1. The van der Waals surface area contributed by atoms with Crippen molar-refractivity contribution in [3.63, 3.8) is 0 Å². The molecule has 1 atom stereocenters. The van der Waals surface area contributed by atoms with Gasteiger partial charge in [-0.1, -0.05) is 12.1 Å². The van der Waals surface area contributed by atoms with Crippen LogP contribution in [0.3, 0.4) is 0 Å².